The maximum Gasteiger partial charge on any atom is 0.194 e. The molecule has 0 aromatic carbocycles. The molecule has 0 amide bonds. The number of ether oxygens (including phenoxy) is 2. The van der Waals surface area contributed by atoms with Crippen LogP contribution in [0.2, 0.25) is 0 Å². The third-order valence-corrected chi connectivity index (χ3v) is 3.85. The van der Waals surface area contributed by atoms with Gasteiger partial charge in [0.15, 0.2) is 5.96 Å². The lowest BCUT2D eigenvalue weighted by molar-refractivity contribution is -0.0447. The van der Waals surface area contributed by atoms with E-state index in [4.69, 9.17) is 14.5 Å². The molecule has 1 aliphatic heterocycles. The van der Waals surface area contributed by atoms with E-state index in [-0.39, 0.29) is 6.10 Å². The zero-order chi connectivity index (χ0) is 13.5. The standard InChI is InChI=1S/C14H27N3O2/c1-3-15-14(16-9-12-5-4-6-12)17-7-8-19-13(10-17)11-18-2/h12-13H,3-11H2,1-2H3,(H,15,16). The van der Waals surface area contributed by atoms with E-state index in [2.05, 4.69) is 17.1 Å². The van der Waals surface area contributed by atoms with E-state index in [1.54, 1.807) is 7.11 Å². The average Bonchev–Trinajstić information content (AvgIpc) is 2.36. The third kappa shape index (κ3) is 4.35. The van der Waals surface area contributed by atoms with Gasteiger partial charge in [-0.25, -0.2) is 0 Å². The van der Waals surface area contributed by atoms with Gasteiger partial charge in [-0.3, -0.25) is 4.99 Å². The van der Waals surface area contributed by atoms with Crippen molar-refractivity contribution in [3.63, 3.8) is 0 Å². The average molecular weight is 269 g/mol. The number of nitrogens with zero attached hydrogens (tertiary/aromatic N) is 2. The lowest BCUT2D eigenvalue weighted by Gasteiger charge is -2.35. The van der Waals surface area contributed by atoms with Crippen molar-refractivity contribution >= 4 is 5.96 Å². The first-order valence-corrected chi connectivity index (χ1v) is 7.47. The van der Waals surface area contributed by atoms with Crippen molar-refractivity contribution < 1.29 is 9.47 Å². The molecule has 2 fully saturated rings. The van der Waals surface area contributed by atoms with Crippen LogP contribution in [0.25, 0.3) is 0 Å². The fourth-order valence-electron chi connectivity index (χ4n) is 2.52. The van der Waals surface area contributed by atoms with Crippen molar-refractivity contribution in [2.45, 2.75) is 32.3 Å². The summed E-state index contributed by atoms with van der Waals surface area (Å²) in [6.45, 7) is 7.18. The summed E-state index contributed by atoms with van der Waals surface area (Å²) in [5.74, 6) is 1.85. The molecule has 0 radical (unpaired) electrons. The Bertz CT molecular complexity index is 290. The summed E-state index contributed by atoms with van der Waals surface area (Å²) in [6.07, 6.45) is 4.23. The second-order valence-electron chi connectivity index (χ2n) is 5.39. The number of methoxy groups -OCH3 is 1. The molecule has 0 aromatic heterocycles. The van der Waals surface area contributed by atoms with Crippen molar-refractivity contribution in [3.05, 3.63) is 0 Å². The van der Waals surface area contributed by atoms with Crippen LogP contribution in [0, 0.1) is 5.92 Å². The normalized spacial score (nSPS) is 25.3. The van der Waals surface area contributed by atoms with Gasteiger partial charge in [0.25, 0.3) is 0 Å². The van der Waals surface area contributed by atoms with Crippen LogP contribution in [0.3, 0.4) is 0 Å². The lowest BCUT2D eigenvalue weighted by atomic mass is 9.86. The zero-order valence-electron chi connectivity index (χ0n) is 12.2. The molecular formula is C14H27N3O2. The molecule has 1 N–H and O–H groups in total. The Hall–Kier alpha value is -0.810. The molecule has 5 nitrogen and oxygen atoms in total. The summed E-state index contributed by atoms with van der Waals surface area (Å²) < 4.78 is 10.9. The number of hydrogen-bond acceptors (Lipinski definition) is 3. The second kappa shape index (κ2) is 7.70. The molecule has 5 heteroatoms. The van der Waals surface area contributed by atoms with Crippen LogP contribution < -0.4 is 5.32 Å². The van der Waals surface area contributed by atoms with E-state index in [0.717, 1.165) is 44.7 Å². The summed E-state index contributed by atoms with van der Waals surface area (Å²) in [5, 5.41) is 3.40. The Labute approximate surface area is 116 Å². The molecule has 1 unspecified atom stereocenters. The summed E-state index contributed by atoms with van der Waals surface area (Å²) in [5.41, 5.74) is 0. The number of aliphatic imine (C=N–C) groups is 1. The van der Waals surface area contributed by atoms with Crippen molar-refractivity contribution in [3.8, 4) is 0 Å². The first-order valence-electron chi connectivity index (χ1n) is 7.47. The molecule has 0 spiro atoms. The molecule has 1 aliphatic carbocycles. The topological polar surface area (TPSA) is 46.1 Å². The van der Waals surface area contributed by atoms with Gasteiger partial charge in [0, 0.05) is 33.3 Å². The first kappa shape index (κ1) is 14.6. The highest BCUT2D eigenvalue weighted by atomic mass is 16.5. The third-order valence-electron chi connectivity index (χ3n) is 3.85. The monoisotopic (exact) mass is 269 g/mol. The van der Waals surface area contributed by atoms with Crippen LogP contribution in [0.1, 0.15) is 26.2 Å². The van der Waals surface area contributed by atoms with Crippen molar-refractivity contribution in [2.24, 2.45) is 10.9 Å². The molecule has 2 aliphatic rings. The summed E-state index contributed by atoms with van der Waals surface area (Å²) in [6, 6.07) is 0. The van der Waals surface area contributed by atoms with Gasteiger partial charge < -0.3 is 19.7 Å². The predicted molar refractivity (Wildman–Crippen MR) is 76.5 cm³/mol. The van der Waals surface area contributed by atoms with Gasteiger partial charge in [0.2, 0.25) is 0 Å². The highest BCUT2D eigenvalue weighted by Gasteiger charge is 2.23. The summed E-state index contributed by atoms with van der Waals surface area (Å²) in [7, 11) is 1.72. The first-order chi connectivity index (χ1) is 9.33. The molecule has 1 atom stereocenters. The fourth-order valence-corrected chi connectivity index (χ4v) is 2.52. The van der Waals surface area contributed by atoms with Crippen LogP contribution in [-0.2, 0) is 9.47 Å². The molecule has 0 aromatic rings. The molecule has 1 saturated heterocycles. The molecule has 1 saturated carbocycles. The van der Waals surface area contributed by atoms with E-state index in [1.807, 2.05) is 0 Å². The van der Waals surface area contributed by atoms with Crippen molar-refractivity contribution in [1.29, 1.82) is 0 Å². The second-order valence-corrected chi connectivity index (χ2v) is 5.39. The number of guanidine groups is 1. The lowest BCUT2D eigenvalue weighted by Crippen LogP contribution is -2.51. The maximum absolute atomic E-state index is 5.69. The Kier molecular flexibility index (Phi) is 5.92. The minimum absolute atomic E-state index is 0.159. The van der Waals surface area contributed by atoms with Gasteiger partial charge >= 0.3 is 0 Å². The number of nitrogens with one attached hydrogen (secondary N) is 1. The largest absolute Gasteiger partial charge is 0.382 e. The molecule has 2 rings (SSSR count). The van der Waals surface area contributed by atoms with Crippen LogP contribution in [0.5, 0.6) is 0 Å². The van der Waals surface area contributed by atoms with Crippen LogP contribution >= 0.6 is 0 Å². The summed E-state index contributed by atoms with van der Waals surface area (Å²) >= 11 is 0. The fraction of sp³-hybridized carbons (Fsp3) is 0.929. The molecular weight excluding hydrogens is 242 g/mol. The van der Waals surface area contributed by atoms with E-state index < -0.39 is 0 Å². The summed E-state index contributed by atoms with van der Waals surface area (Å²) in [4.78, 5) is 7.09. The van der Waals surface area contributed by atoms with Gasteiger partial charge in [-0.2, -0.15) is 0 Å². The Morgan fingerprint density at radius 3 is 2.95 bits per heavy atom. The van der Waals surface area contributed by atoms with E-state index in [0.29, 0.717) is 6.61 Å². The van der Waals surface area contributed by atoms with Gasteiger partial charge in [-0.1, -0.05) is 6.42 Å². The Morgan fingerprint density at radius 2 is 2.32 bits per heavy atom. The molecule has 110 valence electrons. The smallest absolute Gasteiger partial charge is 0.194 e. The SMILES string of the molecule is CCNC(=NCC1CCC1)N1CCOC(COC)C1. The molecule has 19 heavy (non-hydrogen) atoms. The van der Waals surface area contributed by atoms with E-state index in [9.17, 15) is 0 Å². The van der Waals surface area contributed by atoms with Crippen LogP contribution in [-0.4, -0.2) is 63.5 Å². The minimum Gasteiger partial charge on any atom is -0.382 e. The predicted octanol–water partition coefficient (Wildman–Crippen LogP) is 1.10. The van der Waals surface area contributed by atoms with Gasteiger partial charge in [0.1, 0.15) is 0 Å². The zero-order valence-corrected chi connectivity index (χ0v) is 12.2. The van der Waals surface area contributed by atoms with Gasteiger partial charge in [-0.15, -0.1) is 0 Å². The van der Waals surface area contributed by atoms with Crippen LogP contribution in [0.4, 0.5) is 0 Å². The van der Waals surface area contributed by atoms with Crippen LogP contribution in [0.15, 0.2) is 4.99 Å². The van der Waals surface area contributed by atoms with Gasteiger partial charge in [0.05, 0.1) is 19.3 Å². The molecule has 1 heterocycles. The van der Waals surface area contributed by atoms with E-state index in [1.165, 1.54) is 19.3 Å². The van der Waals surface area contributed by atoms with Crippen molar-refractivity contribution in [1.82, 2.24) is 10.2 Å². The Morgan fingerprint density at radius 1 is 1.47 bits per heavy atom. The molecule has 0 bridgehead atoms. The number of morpholine rings is 1. The number of hydrogen-bond donors (Lipinski definition) is 1. The van der Waals surface area contributed by atoms with Gasteiger partial charge in [-0.05, 0) is 25.7 Å². The number of rotatable bonds is 5. The maximum atomic E-state index is 5.69. The van der Waals surface area contributed by atoms with E-state index >= 15 is 0 Å². The quantitative estimate of drug-likeness (QED) is 0.600. The Balaban J connectivity index is 1.88. The van der Waals surface area contributed by atoms with Crippen molar-refractivity contribution in [2.75, 3.05) is 46.5 Å². The minimum atomic E-state index is 0.159. The highest BCUT2D eigenvalue weighted by molar-refractivity contribution is 5.80. The highest BCUT2D eigenvalue weighted by Crippen LogP contribution is 2.26.